The van der Waals surface area contributed by atoms with Crippen LogP contribution >= 0.6 is 0 Å². The summed E-state index contributed by atoms with van der Waals surface area (Å²) in [5.74, 6) is 0. The molecule has 610 valence electrons. The van der Waals surface area contributed by atoms with Crippen molar-refractivity contribution < 1.29 is 18.3 Å². The molecule has 12 nitrogen and oxygen atoms in total. The molecule has 8 bridgehead atoms. The number of hydrogen-bond acceptors (Lipinski definition) is 2. The Bertz CT molecular complexity index is 4350. The monoisotopic (exact) mass is 1560 g/mol. The molecule has 0 saturated heterocycles. The van der Waals surface area contributed by atoms with E-state index in [9.17, 15) is 0 Å². The van der Waals surface area contributed by atoms with E-state index in [4.69, 9.17) is 9.97 Å². The van der Waals surface area contributed by atoms with Crippen molar-refractivity contribution in [2.24, 2.45) is 0 Å². The third kappa shape index (κ3) is 24.2. The predicted octanol–water partition coefficient (Wildman–Crippen LogP) is 27.3. The highest BCUT2D eigenvalue weighted by Gasteiger charge is 2.22. The van der Waals surface area contributed by atoms with Crippen LogP contribution in [0.15, 0.2) is 196 Å². The molecule has 12 heteroatoms. The number of H-pyrrole nitrogens is 2. The van der Waals surface area contributed by atoms with Crippen LogP contribution in [0.1, 0.15) is 307 Å². The van der Waals surface area contributed by atoms with Gasteiger partial charge in [0.25, 0.3) is 0 Å². The van der Waals surface area contributed by atoms with Crippen molar-refractivity contribution in [2.75, 3.05) is 0 Å². The van der Waals surface area contributed by atoms with E-state index < -0.39 is 0 Å². The topological polar surface area (TPSA) is 92.6 Å². The van der Waals surface area contributed by atoms with Crippen LogP contribution < -0.4 is 18.3 Å². The normalized spacial score (nSPS) is 12.0. The molecule has 9 heterocycles. The van der Waals surface area contributed by atoms with E-state index in [1.165, 1.54) is 257 Å². The summed E-state index contributed by atoms with van der Waals surface area (Å²) in [5.41, 5.74) is 20.3. The molecule has 0 fully saturated rings. The minimum absolute atomic E-state index is 0.889. The zero-order chi connectivity index (χ0) is 79.6. The van der Waals surface area contributed by atoms with Crippen LogP contribution in [-0.4, -0.2) is 38.2 Å². The second kappa shape index (κ2) is 45.7. The smallest absolute Gasteiger partial charge is 0.248 e. The molecule has 4 aromatic carbocycles. The average Bonchev–Trinajstić information content (AvgIpc) is 1.61. The van der Waals surface area contributed by atoms with Crippen LogP contribution in [0.25, 0.3) is 114 Å². The number of aromatic amines is 2. The minimum atomic E-state index is 0.889. The summed E-state index contributed by atoms with van der Waals surface area (Å²) in [6.45, 7) is 13.3. The fourth-order valence-electron chi connectivity index (χ4n) is 17.5. The van der Waals surface area contributed by atoms with Gasteiger partial charge in [0, 0.05) is 44.3 Å². The second-order valence-corrected chi connectivity index (χ2v) is 33.7. The molecule has 0 unspecified atom stereocenters. The maximum absolute atomic E-state index is 5.79. The second-order valence-electron chi connectivity index (χ2n) is 33.7. The van der Waals surface area contributed by atoms with E-state index in [0.717, 1.165) is 138 Å². The molecule has 0 aliphatic carbocycles. The number of benzene rings is 4. The van der Waals surface area contributed by atoms with Crippen LogP contribution in [0.3, 0.4) is 0 Å². The van der Waals surface area contributed by atoms with Crippen molar-refractivity contribution >= 4 is 46.4 Å². The molecule has 2 aliphatic heterocycles. The Hall–Kier alpha value is -9.68. The molecule has 2 aliphatic rings. The van der Waals surface area contributed by atoms with Gasteiger partial charge < -0.3 is 9.97 Å². The van der Waals surface area contributed by atoms with Crippen LogP contribution in [0.4, 0.5) is 0 Å². The Morgan fingerprint density at radius 1 is 0.224 bits per heavy atom. The van der Waals surface area contributed by atoms with Gasteiger partial charge in [-0.15, -0.1) is 0 Å². The first-order valence-corrected chi connectivity index (χ1v) is 46.3. The number of fused-ring (bicyclic) bond motifs is 8. The molecule has 2 N–H and O–H groups in total. The highest BCUT2D eigenvalue weighted by Crippen LogP contribution is 2.40. The van der Waals surface area contributed by atoms with E-state index in [0.29, 0.717) is 0 Å². The van der Waals surface area contributed by atoms with Gasteiger partial charge in [-0.05, 0) is 219 Å². The molecule has 0 amide bonds. The number of rotatable bonds is 52. The van der Waals surface area contributed by atoms with Crippen LogP contribution in [0.5, 0.6) is 0 Å². The van der Waals surface area contributed by atoms with Gasteiger partial charge in [-0.25, -0.2) is 46.5 Å². The number of aromatic nitrogens is 12. The fraction of sp³-hybridized carbons (Fsp3) is 0.462. The predicted molar refractivity (Wildman–Crippen MR) is 486 cm³/mol. The molecule has 0 radical (unpaired) electrons. The van der Waals surface area contributed by atoms with Crippen molar-refractivity contribution in [1.82, 2.24) is 38.2 Å². The van der Waals surface area contributed by atoms with Crippen molar-refractivity contribution in [3.05, 3.63) is 219 Å². The summed E-state index contributed by atoms with van der Waals surface area (Å²) in [5, 5.41) is 0. The van der Waals surface area contributed by atoms with Crippen molar-refractivity contribution in [1.29, 1.82) is 0 Å². The lowest BCUT2D eigenvalue weighted by molar-refractivity contribution is -0.696. The summed E-state index contributed by atoms with van der Waals surface area (Å²) in [7, 11) is 0. The largest absolute Gasteiger partial charge is 0.354 e. The maximum Gasteiger partial charge on any atom is 0.248 e. The maximum atomic E-state index is 5.79. The molecule has 0 spiro atoms. The van der Waals surface area contributed by atoms with Gasteiger partial charge >= 0.3 is 0 Å². The molecular formula is C104H138N12+4. The lowest BCUT2D eigenvalue weighted by Crippen LogP contribution is -2.30. The van der Waals surface area contributed by atoms with Gasteiger partial charge in [-0.1, -0.05) is 233 Å². The number of hydrogen-bond donors (Lipinski definition) is 2. The zero-order valence-electron chi connectivity index (χ0n) is 71.4. The summed E-state index contributed by atoms with van der Waals surface area (Å²) in [4.78, 5) is 19.7. The van der Waals surface area contributed by atoms with E-state index in [1.807, 2.05) is 0 Å². The summed E-state index contributed by atoms with van der Waals surface area (Å²) in [6.07, 6.45) is 89.1. The Morgan fingerprint density at radius 3 is 0.595 bits per heavy atom. The van der Waals surface area contributed by atoms with E-state index >= 15 is 0 Å². The Balaban J connectivity index is 0.850. The first-order valence-electron chi connectivity index (χ1n) is 46.3. The van der Waals surface area contributed by atoms with Crippen LogP contribution in [-0.2, 0) is 26.2 Å². The number of aryl methyl sites for hydroxylation is 4. The lowest BCUT2D eigenvalue weighted by atomic mass is 10.0. The summed E-state index contributed by atoms with van der Waals surface area (Å²) in [6, 6.07) is 45.4. The highest BCUT2D eigenvalue weighted by atomic mass is 15.1. The summed E-state index contributed by atoms with van der Waals surface area (Å²) < 4.78 is 18.5. The minimum Gasteiger partial charge on any atom is -0.354 e. The van der Waals surface area contributed by atoms with E-state index in [2.05, 4.69) is 295 Å². The molecule has 116 heavy (non-hydrogen) atoms. The molecule has 0 saturated carbocycles. The van der Waals surface area contributed by atoms with Crippen molar-refractivity contribution in [3.63, 3.8) is 0 Å². The molecule has 0 atom stereocenters. The van der Waals surface area contributed by atoms with Gasteiger partial charge in [-0.3, -0.25) is 0 Å². The van der Waals surface area contributed by atoms with Crippen LogP contribution in [0, 0.1) is 0 Å². The van der Waals surface area contributed by atoms with Gasteiger partial charge in [0.15, 0.2) is 0 Å². The van der Waals surface area contributed by atoms with E-state index in [-0.39, 0.29) is 0 Å². The van der Waals surface area contributed by atoms with Gasteiger partial charge in [0.2, 0.25) is 25.3 Å². The third-order valence-corrected chi connectivity index (χ3v) is 24.4. The molecule has 13 rings (SSSR count). The van der Waals surface area contributed by atoms with Crippen LogP contribution in [0.2, 0.25) is 0 Å². The Morgan fingerprint density at radius 2 is 0.405 bits per heavy atom. The van der Waals surface area contributed by atoms with Gasteiger partial charge in [-0.2, -0.15) is 0 Å². The Kier molecular flexibility index (Phi) is 33.2. The number of nitrogens with one attached hydrogen (secondary N) is 2. The zero-order valence-corrected chi connectivity index (χ0v) is 71.4. The van der Waals surface area contributed by atoms with E-state index in [1.54, 1.807) is 0 Å². The quantitative estimate of drug-likeness (QED) is 0.0294. The van der Waals surface area contributed by atoms with Gasteiger partial charge in [0.05, 0.1) is 49.0 Å². The fourth-order valence-corrected chi connectivity index (χ4v) is 17.5. The number of unbranched alkanes of at least 4 members (excludes halogenated alkanes) is 36. The lowest BCUT2D eigenvalue weighted by Gasteiger charge is -2.08. The SMILES string of the molecule is CCCCCCCCCCCC[n+]1ccn(-c2ccc(-c3c4nc(c(-c5ccc(-n6cc[n+](CCCCCCCCCCCC)c6)cc5)c5ccc([nH]5)c(-c5ccc(-n6cc[n+](CCCCCCCCCCCC)c6)cc5)c5nc(c(-c6ccc(-n7cc[n+](CCCCCCCCCCCC)c7)cc6)c6ccc3[nH]6)C=C5)C=C4)cc2)c1. The average molecular weight is 1560 g/mol. The molecular weight excluding hydrogens is 1420 g/mol. The third-order valence-electron chi connectivity index (χ3n) is 24.4. The first kappa shape index (κ1) is 84.2. The highest BCUT2D eigenvalue weighted by molar-refractivity contribution is 6.00. The van der Waals surface area contributed by atoms with Gasteiger partial charge in [0.1, 0.15) is 72.3 Å². The Labute approximate surface area is 695 Å². The van der Waals surface area contributed by atoms with Crippen molar-refractivity contribution in [2.45, 2.75) is 311 Å². The molecule has 7 aromatic heterocycles. The molecule has 11 aromatic rings. The first-order chi connectivity index (χ1) is 57.4. The number of imidazole rings is 4. The van der Waals surface area contributed by atoms with Crippen molar-refractivity contribution in [3.8, 4) is 67.3 Å². The number of nitrogens with zero attached hydrogens (tertiary/aromatic N) is 10. The standard InChI is InChI=1S/C104H138N12/c1-5-9-13-17-21-25-29-33-37-41-69-109-73-77-113(81-109)89-53-45-85(46-54-89)101-93-61-63-95(105-93)102(86-47-55-90(56-48-86)114-78-74-110(82-114)70-42-38-34-30-26-22-18-14-10-6-2)97-65-67-99(107-97)104(88-51-59-92(60-52-88)116-80-76-112(84-116)72-44-40-36-32-28-24-20-16-12-8-4)100-68-66-98(108-100)103(96-64-62-94(101)106-96)87-49-57-91(58-50-87)115-79-75-111(83-115)71-43-39-35-31-27-23-19-15-11-7-3/h45-68,73-84,105,108H,5-44,69-72H2,1-4H3/q+4. The summed E-state index contributed by atoms with van der Waals surface area (Å²) >= 11 is 0.